The topological polar surface area (TPSA) is 75.3 Å². The summed E-state index contributed by atoms with van der Waals surface area (Å²) in [5.41, 5.74) is 0.0711. The summed E-state index contributed by atoms with van der Waals surface area (Å²) in [6.45, 7) is 0. The number of carbonyl (C=O) groups excluding carboxylic acids is 1. The third-order valence-electron chi connectivity index (χ3n) is 3.71. The van der Waals surface area contributed by atoms with Gasteiger partial charge in [-0.3, -0.25) is 9.52 Å². The number of anilines is 2. The van der Waals surface area contributed by atoms with Gasteiger partial charge in [0.15, 0.2) is 0 Å². The molecule has 0 aliphatic carbocycles. The zero-order valence-corrected chi connectivity index (χ0v) is 15.7. The van der Waals surface area contributed by atoms with Crippen molar-refractivity contribution in [3.63, 3.8) is 0 Å². The fourth-order valence-electron chi connectivity index (χ4n) is 2.33. The van der Waals surface area contributed by atoms with Crippen molar-refractivity contribution >= 4 is 38.9 Å². The van der Waals surface area contributed by atoms with Gasteiger partial charge >= 0.3 is 0 Å². The third kappa shape index (κ3) is 4.47. The number of nitrogens with one attached hydrogen (secondary N) is 2. The number of carbonyl (C=O) groups is 1. The molecular formula is C19H13ClF2N2O3S. The van der Waals surface area contributed by atoms with Crippen LogP contribution < -0.4 is 10.0 Å². The van der Waals surface area contributed by atoms with Gasteiger partial charge in [0.2, 0.25) is 0 Å². The zero-order valence-electron chi connectivity index (χ0n) is 14.1. The summed E-state index contributed by atoms with van der Waals surface area (Å²) in [5, 5.41) is 2.54. The van der Waals surface area contributed by atoms with Gasteiger partial charge in [-0.25, -0.2) is 17.2 Å². The monoisotopic (exact) mass is 422 g/mol. The van der Waals surface area contributed by atoms with Crippen LogP contribution in [0, 0.1) is 11.6 Å². The van der Waals surface area contributed by atoms with Crippen LogP contribution in [-0.4, -0.2) is 14.3 Å². The smallest absolute Gasteiger partial charge is 0.261 e. The zero-order chi connectivity index (χ0) is 20.3. The van der Waals surface area contributed by atoms with Gasteiger partial charge in [0.1, 0.15) is 11.6 Å². The number of hydrogen-bond acceptors (Lipinski definition) is 3. The summed E-state index contributed by atoms with van der Waals surface area (Å²) in [6, 6.07) is 13.9. The van der Waals surface area contributed by atoms with Gasteiger partial charge < -0.3 is 5.32 Å². The highest BCUT2D eigenvalue weighted by molar-refractivity contribution is 7.92. The average Bonchev–Trinajstić information content (AvgIpc) is 2.65. The summed E-state index contributed by atoms with van der Waals surface area (Å²) >= 11 is 5.93. The van der Waals surface area contributed by atoms with Crippen molar-refractivity contribution in [1.82, 2.24) is 0 Å². The molecule has 0 saturated heterocycles. The lowest BCUT2D eigenvalue weighted by atomic mass is 10.2. The van der Waals surface area contributed by atoms with Gasteiger partial charge in [-0.1, -0.05) is 23.7 Å². The molecule has 0 aliphatic heterocycles. The molecule has 0 aromatic heterocycles. The first-order valence-corrected chi connectivity index (χ1v) is 9.76. The van der Waals surface area contributed by atoms with Crippen LogP contribution in [0.15, 0.2) is 71.6 Å². The molecule has 0 fully saturated rings. The van der Waals surface area contributed by atoms with E-state index in [1.165, 1.54) is 24.3 Å². The van der Waals surface area contributed by atoms with Crippen LogP contribution >= 0.6 is 11.6 Å². The summed E-state index contributed by atoms with van der Waals surface area (Å²) in [4.78, 5) is 11.9. The molecule has 144 valence electrons. The van der Waals surface area contributed by atoms with Crippen LogP contribution in [-0.2, 0) is 10.0 Å². The second-order valence-electron chi connectivity index (χ2n) is 5.69. The lowest BCUT2D eigenvalue weighted by Crippen LogP contribution is -2.15. The van der Waals surface area contributed by atoms with E-state index in [9.17, 15) is 22.0 Å². The van der Waals surface area contributed by atoms with Gasteiger partial charge in [0.05, 0.1) is 21.2 Å². The molecular weight excluding hydrogens is 410 g/mol. The minimum Gasteiger partial charge on any atom is -0.319 e. The predicted octanol–water partition coefficient (Wildman–Crippen LogP) is 4.67. The molecule has 0 aliphatic rings. The SMILES string of the molecule is O=C(Nc1ccc(S(=O)(=O)Nc2ccc(F)cc2)cc1F)c1ccccc1Cl. The Balaban J connectivity index is 1.80. The second kappa shape index (κ2) is 7.95. The van der Waals surface area contributed by atoms with Crippen LogP contribution in [0.2, 0.25) is 5.02 Å². The molecule has 0 atom stereocenters. The average molecular weight is 423 g/mol. The maximum absolute atomic E-state index is 14.4. The van der Waals surface area contributed by atoms with Crippen molar-refractivity contribution in [2.75, 3.05) is 10.0 Å². The van der Waals surface area contributed by atoms with E-state index in [1.54, 1.807) is 12.1 Å². The maximum Gasteiger partial charge on any atom is 0.261 e. The van der Waals surface area contributed by atoms with Crippen molar-refractivity contribution in [3.8, 4) is 0 Å². The van der Waals surface area contributed by atoms with Gasteiger partial charge in [0, 0.05) is 5.69 Å². The Kier molecular flexibility index (Phi) is 5.62. The molecule has 0 saturated carbocycles. The van der Waals surface area contributed by atoms with E-state index in [0.29, 0.717) is 0 Å². The van der Waals surface area contributed by atoms with E-state index in [1.807, 2.05) is 0 Å². The highest BCUT2D eigenvalue weighted by atomic mass is 35.5. The molecule has 2 N–H and O–H groups in total. The lowest BCUT2D eigenvalue weighted by molar-refractivity contribution is 0.102. The molecule has 0 heterocycles. The highest BCUT2D eigenvalue weighted by Gasteiger charge is 2.18. The van der Waals surface area contributed by atoms with Crippen LogP contribution in [0.25, 0.3) is 0 Å². The number of rotatable bonds is 5. The van der Waals surface area contributed by atoms with E-state index in [2.05, 4.69) is 10.0 Å². The highest BCUT2D eigenvalue weighted by Crippen LogP contribution is 2.23. The van der Waals surface area contributed by atoms with Crippen LogP contribution in [0.4, 0.5) is 20.2 Å². The van der Waals surface area contributed by atoms with Crippen LogP contribution in [0.5, 0.6) is 0 Å². The van der Waals surface area contributed by atoms with Crippen molar-refractivity contribution in [3.05, 3.63) is 89.0 Å². The van der Waals surface area contributed by atoms with Gasteiger partial charge in [-0.05, 0) is 54.6 Å². The Morgan fingerprint density at radius 3 is 2.25 bits per heavy atom. The molecule has 9 heteroatoms. The third-order valence-corrected chi connectivity index (χ3v) is 5.42. The molecule has 5 nitrogen and oxygen atoms in total. The first kappa shape index (κ1) is 19.8. The summed E-state index contributed by atoms with van der Waals surface area (Å²) in [7, 11) is -4.10. The number of sulfonamides is 1. The second-order valence-corrected chi connectivity index (χ2v) is 7.78. The first-order valence-electron chi connectivity index (χ1n) is 7.90. The van der Waals surface area contributed by atoms with Crippen molar-refractivity contribution in [1.29, 1.82) is 0 Å². The minimum absolute atomic E-state index is 0.123. The Bertz CT molecular complexity index is 1140. The van der Waals surface area contributed by atoms with Gasteiger partial charge in [-0.2, -0.15) is 0 Å². The van der Waals surface area contributed by atoms with Crippen LogP contribution in [0.1, 0.15) is 10.4 Å². The predicted molar refractivity (Wildman–Crippen MR) is 103 cm³/mol. The van der Waals surface area contributed by atoms with E-state index < -0.39 is 27.6 Å². The van der Waals surface area contributed by atoms with Crippen molar-refractivity contribution in [2.45, 2.75) is 4.90 Å². The fraction of sp³-hybridized carbons (Fsp3) is 0. The van der Waals surface area contributed by atoms with Gasteiger partial charge in [0.25, 0.3) is 15.9 Å². The molecule has 0 spiro atoms. The summed E-state index contributed by atoms with van der Waals surface area (Å²) < 4.78 is 54.2. The molecule has 3 rings (SSSR count). The lowest BCUT2D eigenvalue weighted by Gasteiger charge is -2.11. The Hall–Kier alpha value is -2.97. The molecule has 0 radical (unpaired) electrons. The quantitative estimate of drug-likeness (QED) is 0.627. The number of halogens is 3. The summed E-state index contributed by atoms with van der Waals surface area (Å²) in [6.07, 6.45) is 0. The molecule has 0 bridgehead atoms. The largest absolute Gasteiger partial charge is 0.319 e. The van der Waals surface area contributed by atoms with Gasteiger partial charge in [-0.15, -0.1) is 0 Å². The van der Waals surface area contributed by atoms with E-state index in [0.717, 1.165) is 30.3 Å². The molecule has 3 aromatic carbocycles. The maximum atomic E-state index is 14.4. The van der Waals surface area contributed by atoms with E-state index in [-0.39, 0.29) is 26.9 Å². The minimum atomic E-state index is -4.10. The van der Waals surface area contributed by atoms with E-state index >= 15 is 0 Å². The number of amides is 1. The molecule has 1 amide bonds. The molecule has 28 heavy (non-hydrogen) atoms. The normalized spacial score (nSPS) is 11.1. The van der Waals surface area contributed by atoms with Crippen LogP contribution in [0.3, 0.4) is 0 Å². The standard InChI is InChI=1S/C19H13ClF2N2O3S/c20-16-4-2-1-3-15(16)19(25)23-18-10-9-14(11-17(18)22)28(26,27)24-13-7-5-12(21)6-8-13/h1-11,24H,(H,23,25). The summed E-state index contributed by atoms with van der Waals surface area (Å²) in [5.74, 6) is -2.10. The van der Waals surface area contributed by atoms with E-state index in [4.69, 9.17) is 11.6 Å². The number of benzene rings is 3. The molecule has 0 unspecified atom stereocenters. The Morgan fingerprint density at radius 1 is 0.929 bits per heavy atom. The Morgan fingerprint density at radius 2 is 1.61 bits per heavy atom. The van der Waals surface area contributed by atoms with Crippen molar-refractivity contribution in [2.24, 2.45) is 0 Å². The first-order chi connectivity index (χ1) is 13.3. The van der Waals surface area contributed by atoms with Crippen molar-refractivity contribution < 1.29 is 22.0 Å². The number of hydrogen-bond donors (Lipinski definition) is 2. The Labute approximate surface area is 165 Å². The molecule has 3 aromatic rings. The fourth-order valence-corrected chi connectivity index (χ4v) is 3.62.